The number of ether oxygens (including phenoxy) is 1. The first-order chi connectivity index (χ1) is 7.44. The summed E-state index contributed by atoms with van der Waals surface area (Å²) in [4.78, 5) is 10.8. The van der Waals surface area contributed by atoms with Crippen molar-refractivity contribution in [1.82, 2.24) is 4.72 Å². The Morgan fingerprint density at radius 3 is 2.69 bits per heavy atom. The SMILES string of the molecule is COC(=O)CS(=O)(=O)NCC1CCCC1O. The molecule has 6 nitrogen and oxygen atoms in total. The van der Waals surface area contributed by atoms with Gasteiger partial charge in [-0.05, 0) is 18.8 Å². The normalized spacial score (nSPS) is 25.6. The summed E-state index contributed by atoms with van der Waals surface area (Å²) in [6.07, 6.45) is 1.98. The zero-order valence-corrected chi connectivity index (χ0v) is 10.00. The third-order valence-electron chi connectivity index (χ3n) is 2.72. The Balaban J connectivity index is 2.38. The number of aliphatic hydroxyl groups is 1. The number of sulfonamides is 1. The van der Waals surface area contributed by atoms with E-state index in [4.69, 9.17) is 0 Å². The van der Waals surface area contributed by atoms with Crippen molar-refractivity contribution in [2.75, 3.05) is 19.4 Å². The van der Waals surface area contributed by atoms with Gasteiger partial charge in [-0.15, -0.1) is 0 Å². The van der Waals surface area contributed by atoms with E-state index < -0.39 is 27.8 Å². The summed E-state index contributed by atoms with van der Waals surface area (Å²) in [7, 11) is -2.50. The van der Waals surface area contributed by atoms with E-state index >= 15 is 0 Å². The molecule has 1 rings (SSSR count). The minimum Gasteiger partial charge on any atom is -0.468 e. The van der Waals surface area contributed by atoms with E-state index in [1.54, 1.807) is 0 Å². The Bertz CT molecular complexity index is 340. The molecule has 0 aromatic rings. The Hall–Kier alpha value is -0.660. The van der Waals surface area contributed by atoms with Crippen molar-refractivity contribution >= 4 is 16.0 Å². The van der Waals surface area contributed by atoms with Crippen LogP contribution in [0.3, 0.4) is 0 Å². The number of hydrogen-bond donors (Lipinski definition) is 2. The van der Waals surface area contributed by atoms with Crippen molar-refractivity contribution in [3.63, 3.8) is 0 Å². The summed E-state index contributed by atoms with van der Waals surface area (Å²) in [5, 5.41) is 9.49. The van der Waals surface area contributed by atoms with Crippen LogP contribution in [0.15, 0.2) is 0 Å². The van der Waals surface area contributed by atoms with Crippen molar-refractivity contribution in [3.8, 4) is 0 Å². The molecule has 0 spiro atoms. The van der Waals surface area contributed by atoms with Crippen LogP contribution in [0.1, 0.15) is 19.3 Å². The standard InChI is InChI=1S/C9H17NO5S/c1-15-9(12)6-16(13,14)10-5-7-3-2-4-8(7)11/h7-8,10-11H,2-6H2,1H3. The maximum atomic E-state index is 11.4. The average Bonchev–Trinajstić information content (AvgIpc) is 2.60. The summed E-state index contributed by atoms with van der Waals surface area (Å²) < 4.78 is 29.3. The van der Waals surface area contributed by atoms with Crippen molar-refractivity contribution in [1.29, 1.82) is 0 Å². The first-order valence-corrected chi connectivity index (χ1v) is 6.82. The number of esters is 1. The first kappa shape index (κ1) is 13.4. The minimum absolute atomic E-state index is 0.0487. The quantitative estimate of drug-likeness (QED) is 0.627. The van der Waals surface area contributed by atoms with Crippen molar-refractivity contribution in [3.05, 3.63) is 0 Å². The van der Waals surface area contributed by atoms with Crippen LogP contribution in [-0.4, -0.2) is 45.0 Å². The zero-order valence-electron chi connectivity index (χ0n) is 9.18. The van der Waals surface area contributed by atoms with Gasteiger partial charge in [-0.2, -0.15) is 0 Å². The first-order valence-electron chi connectivity index (χ1n) is 5.17. The molecule has 7 heteroatoms. The fourth-order valence-corrected chi connectivity index (χ4v) is 2.75. The summed E-state index contributed by atoms with van der Waals surface area (Å²) in [5.41, 5.74) is 0. The van der Waals surface area contributed by atoms with Gasteiger partial charge < -0.3 is 9.84 Å². The van der Waals surface area contributed by atoms with Crippen LogP contribution in [0.4, 0.5) is 0 Å². The van der Waals surface area contributed by atoms with Crippen LogP contribution in [0.25, 0.3) is 0 Å². The Morgan fingerprint density at radius 2 is 2.19 bits per heavy atom. The molecule has 0 bridgehead atoms. The molecule has 16 heavy (non-hydrogen) atoms. The highest BCUT2D eigenvalue weighted by atomic mass is 32.2. The maximum absolute atomic E-state index is 11.4. The molecule has 0 aliphatic heterocycles. The lowest BCUT2D eigenvalue weighted by atomic mass is 10.1. The molecule has 2 N–H and O–H groups in total. The van der Waals surface area contributed by atoms with Crippen molar-refractivity contribution < 1.29 is 23.1 Å². The molecule has 0 amide bonds. The lowest BCUT2D eigenvalue weighted by Crippen LogP contribution is -2.36. The number of methoxy groups -OCH3 is 1. The Labute approximate surface area is 95.0 Å². The summed E-state index contributed by atoms with van der Waals surface area (Å²) >= 11 is 0. The zero-order chi connectivity index (χ0) is 12.2. The van der Waals surface area contributed by atoms with Gasteiger partial charge in [0.2, 0.25) is 10.0 Å². The fraction of sp³-hybridized carbons (Fsp3) is 0.889. The second-order valence-corrected chi connectivity index (χ2v) is 5.75. The van der Waals surface area contributed by atoms with Crippen LogP contribution in [0, 0.1) is 5.92 Å². The van der Waals surface area contributed by atoms with Crippen LogP contribution < -0.4 is 4.72 Å². The van der Waals surface area contributed by atoms with E-state index in [1.807, 2.05) is 0 Å². The predicted molar refractivity (Wildman–Crippen MR) is 57.2 cm³/mol. The smallest absolute Gasteiger partial charge is 0.322 e. The van der Waals surface area contributed by atoms with E-state index in [0.717, 1.165) is 20.0 Å². The lowest BCUT2D eigenvalue weighted by molar-refractivity contribution is -0.137. The molecule has 0 radical (unpaired) electrons. The monoisotopic (exact) mass is 251 g/mol. The maximum Gasteiger partial charge on any atom is 0.322 e. The van der Waals surface area contributed by atoms with Gasteiger partial charge in [0.25, 0.3) is 0 Å². The van der Waals surface area contributed by atoms with Gasteiger partial charge in [-0.1, -0.05) is 6.42 Å². The Morgan fingerprint density at radius 1 is 1.50 bits per heavy atom. The van der Waals surface area contributed by atoms with Crippen LogP contribution in [0.5, 0.6) is 0 Å². The van der Waals surface area contributed by atoms with Gasteiger partial charge in [0.05, 0.1) is 13.2 Å². The molecule has 1 aliphatic carbocycles. The van der Waals surface area contributed by atoms with Crippen LogP contribution >= 0.6 is 0 Å². The average molecular weight is 251 g/mol. The molecule has 1 saturated carbocycles. The second kappa shape index (κ2) is 5.60. The highest BCUT2D eigenvalue weighted by molar-refractivity contribution is 7.90. The Kier molecular flexibility index (Phi) is 4.69. The van der Waals surface area contributed by atoms with Gasteiger partial charge in [0.15, 0.2) is 5.75 Å². The number of carbonyl (C=O) groups excluding carboxylic acids is 1. The number of carbonyl (C=O) groups is 1. The number of hydrogen-bond acceptors (Lipinski definition) is 5. The van der Waals surface area contributed by atoms with Gasteiger partial charge in [-0.3, -0.25) is 4.79 Å². The van der Waals surface area contributed by atoms with Crippen LogP contribution in [-0.2, 0) is 19.6 Å². The molecular formula is C9H17NO5S. The number of aliphatic hydroxyl groups excluding tert-OH is 1. The van der Waals surface area contributed by atoms with E-state index in [-0.39, 0.29) is 12.5 Å². The molecule has 1 aliphatic rings. The molecule has 0 heterocycles. The van der Waals surface area contributed by atoms with Crippen LogP contribution in [0.2, 0.25) is 0 Å². The van der Waals surface area contributed by atoms with E-state index in [0.29, 0.717) is 6.42 Å². The third kappa shape index (κ3) is 4.07. The fourth-order valence-electron chi connectivity index (χ4n) is 1.75. The molecule has 94 valence electrons. The molecule has 0 saturated heterocycles. The molecule has 0 aromatic carbocycles. The molecule has 1 fully saturated rings. The second-order valence-electron chi connectivity index (χ2n) is 3.94. The molecule has 0 aromatic heterocycles. The van der Waals surface area contributed by atoms with E-state index in [1.165, 1.54) is 0 Å². The van der Waals surface area contributed by atoms with Crippen molar-refractivity contribution in [2.45, 2.75) is 25.4 Å². The molecule has 2 atom stereocenters. The van der Waals surface area contributed by atoms with Gasteiger partial charge >= 0.3 is 5.97 Å². The molecular weight excluding hydrogens is 234 g/mol. The third-order valence-corrected chi connectivity index (χ3v) is 3.94. The lowest BCUT2D eigenvalue weighted by Gasteiger charge is -2.14. The highest BCUT2D eigenvalue weighted by Crippen LogP contribution is 2.24. The van der Waals surface area contributed by atoms with Gasteiger partial charge in [0, 0.05) is 6.54 Å². The van der Waals surface area contributed by atoms with Crippen molar-refractivity contribution in [2.24, 2.45) is 5.92 Å². The number of rotatable bonds is 5. The highest BCUT2D eigenvalue weighted by Gasteiger charge is 2.27. The van der Waals surface area contributed by atoms with E-state index in [9.17, 15) is 18.3 Å². The summed E-state index contributed by atoms with van der Waals surface area (Å²) in [6, 6.07) is 0. The topological polar surface area (TPSA) is 92.7 Å². The summed E-state index contributed by atoms with van der Waals surface area (Å²) in [6.45, 7) is 0.181. The minimum atomic E-state index is -3.64. The van der Waals surface area contributed by atoms with Gasteiger partial charge in [-0.25, -0.2) is 13.1 Å². The molecule has 2 unspecified atom stereocenters. The number of nitrogens with one attached hydrogen (secondary N) is 1. The van der Waals surface area contributed by atoms with Gasteiger partial charge in [0.1, 0.15) is 0 Å². The predicted octanol–water partition coefficient (Wildman–Crippen LogP) is -0.760. The van der Waals surface area contributed by atoms with E-state index in [2.05, 4.69) is 9.46 Å². The largest absolute Gasteiger partial charge is 0.468 e. The summed E-state index contributed by atoms with van der Waals surface area (Å²) in [5.74, 6) is -1.52.